The van der Waals surface area contributed by atoms with Crippen molar-refractivity contribution in [3.8, 4) is 11.1 Å². The molecule has 0 aliphatic rings. The van der Waals surface area contributed by atoms with Gasteiger partial charge in [0.1, 0.15) is 0 Å². The highest BCUT2D eigenvalue weighted by Gasteiger charge is 1.95. The lowest BCUT2D eigenvalue weighted by molar-refractivity contribution is 0.568. The van der Waals surface area contributed by atoms with Gasteiger partial charge in [0.15, 0.2) is 0 Å². The Morgan fingerprint density at radius 2 is 0.850 bits per heavy atom. The molecule has 6 heteroatoms. The highest BCUT2D eigenvalue weighted by atomic mass is 16.1. The molecule has 0 bridgehead atoms. The van der Waals surface area contributed by atoms with Gasteiger partial charge in [0.05, 0.1) is 0 Å². The lowest BCUT2D eigenvalue weighted by atomic mass is 10.1. The fourth-order valence-corrected chi connectivity index (χ4v) is 1.35. The van der Waals surface area contributed by atoms with Crippen molar-refractivity contribution < 1.29 is 9.59 Å². The zero-order valence-corrected chi connectivity index (χ0v) is 10.5. The van der Waals surface area contributed by atoms with Crippen molar-refractivity contribution in [1.82, 2.24) is 0 Å². The van der Waals surface area contributed by atoms with E-state index in [-0.39, 0.29) is 0 Å². The zero-order valence-electron chi connectivity index (χ0n) is 10.5. The Hall–Kier alpha value is -3.20. The van der Waals surface area contributed by atoms with Crippen LogP contribution in [0.2, 0.25) is 0 Å². The second kappa shape index (κ2) is 9.79. The molecule has 0 spiro atoms. The van der Waals surface area contributed by atoms with E-state index in [2.05, 4.69) is 0 Å². The summed E-state index contributed by atoms with van der Waals surface area (Å²) in [6.07, 6.45) is 1.00. The van der Waals surface area contributed by atoms with Crippen molar-refractivity contribution in [2.24, 2.45) is 0 Å². The Morgan fingerprint density at radius 1 is 0.650 bits per heavy atom. The van der Waals surface area contributed by atoms with Gasteiger partial charge in [-0.05, 0) is 47.6 Å². The van der Waals surface area contributed by atoms with Crippen LogP contribution in [0.15, 0.2) is 48.5 Å². The number of nitrogens with two attached hydrogens (primary N) is 2. The summed E-state index contributed by atoms with van der Waals surface area (Å²) in [5.74, 6) is 0. The minimum atomic E-state index is 0.500. The summed E-state index contributed by atoms with van der Waals surface area (Å²) < 4.78 is 0. The molecule has 0 unspecified atom stereocenters. The topological polar surface area (TPSA) is 131 Å². The second-order valence-corrected chi connectivity index (χ2v) is 3.43. The third kappa shape index (κ3) is 6.51. The van der Waals surface area contributed by atoms with Crippen LogP contribution in [-0.4, -0.2) is 12.2 Å². The highest BCUT2D eigenvalue weighted by Crippen LogP contribution is 2.21. The summed E-state index contributed by atoms with van der Waals surface area (Å²) in [4.78, 5) is 16.5. The molecule has 0 heterocycles. The molecule has 0 saturated heterocycles. The van der Waals surface area contributed by atoms with Crippen LogP contribution in [-0.2, 0) is 9.59 Å². The highest BCUT2D eigenvalue weighted by molar-refractivity contribution is 5.67. The number of benzene rings is 2. The fraction of sp³-hybridized carbons (Fsp3) is 0. The van der Waals surface area contributed by atoms with Gasteiger partial charge in [0.2, 0.25) is 0 Å². The molecule has 0 aliphatic heterocycles. The molecule has 0 fully saturated rings. The molecule has 0 radical (unpaired) electrons. The molecule has 0 atom stereocenters. The van der Waals surface area contributed by atoms with E-state index >= 15 is 0 Å². The average Bonchev–Trinajstić information content (AvgIpc) is 2.42. The molecule has 4 N–H and O–H groups in total. The van der Waals surface area contributed by atoms with Gasteiger partial charge in [-0.15, -0.1) is 0 Å². The number of hydrogen-bond donors (Lipinski definition) is 2. The molecule has 2 rings (SSSR count). The second-order valence-electron chi connectivity index (χ2n) is 3.43. The summed E-state index contributed by atoms with van der Waals surface area (Å²) in [5, 5.41) is 13.5. The third-order valence-corrected chi connectivity index (χ3v) is 2.15. The number of anilines is 2. The quantitative estimate of drug-likeness (QED) is 0.466. The van der Waals surface area contributed by atoms with Crippen LogP contribution in [0.4, 0.5) is 11.4 Å². The first kappa shape index (κ1) is 16.8. The van der Waals surface area contributed by atoms with Gasteiger partial charge < -0.3 is 22.3 Å². The molecule has 0 saturated carbocycles. The van der Waals surface area contributed by atoms with Crippen molar-refractivity contribution in [2.75, 3.05) is 11.5 Å². The number of carbonyl (C=O) groups excluding carboxylic acids is 2. The predicted octanol–water partition coefficient (Wildman–Crippen LogP) is 2.30. The monoisotopic (exact) mass is 268 g/mol. The van der Waals surface area contributed by atoms with Crippen LogP contribution < -0.4 is 11.5 Å². The van der Waals surface area contributed by atoms with Crippen molar-refractivity contribution in [1.29, 1.82) is 0 Å². The Kier molecular flexibility index (Phi) is 8.23. The van der Waals surface area contributed by atoms with Crippen LogP contribution >= 0.6 is 0 Å². The fourth-order valence-electron chi connectivity index (χ4n) is 1.35. The molecule has 0 aromatic heterocycles. The van der Waals surface area contributed by atoms with E-state index in [0.29, 0.717) is 12.2 Å². The average molecular weight is 268 g/mol. The van der Waals surface area contributed by atoms with Crippen molar-refractivity contribution in [2.45, 2.75) is 0 Å². The summed E-state index contributed by atoms with van der Waals surface area (Å²) in [7, 11) is 0. The Balaban J connectivity index is 0.000000520. The lowest BCUT2D eigenvalue weighted by Gasteiger charge is -2.02. The number of rotatable bonds is 1. The number of hydrogen-bond acceptors (Lipinski definition) is 4. The molecule has 2 aromatic rings. The van der Waals surface area contributed by atoms with Gasteiger partial charge in [0, 0.05) is 11.4 Å². The van der Waals surface area contributed by atoms with E-state index in [9.17, 15) is 0 Å². The largest absolute Gasteiger partial charge is 0.724 e. The van der Waals surface area contributed by atoms with Gasteiger partial charge >= 0.3 is 0 Å². The van der Waals surface area contributed by atoms with Crippen LogP contribution in [0.1, 0.15) is 0 Å². The molecular formula is C14H12N4O2-2. The SMILES string of the molecule is Nc1ccc(-c2ccc(N)cc2)cc1.[N-]=C=O.[N-]=C=O. The van der Waals surface area contributed by atoms with E-state index in [1.54, 1.807) is 0 Å². The minimum absolute atomic E-state index is 0.500. The van der Waals surface area contributed by atoms with Gasteiger partial charge in [-0.2, -0.15) is 0 Å². The number of isocyanates is 2. The maximum atomic E-state index is 8.24. The molecule has 2 aromatic carbocycles. The standard InChI is InChI=1S/C12H12N2.2CNO/c13-11-5-1-9(2-6-11)10-3-7-12(14)8-4-10;2*2-1-3/h1-8H,13-14H2;;/q;2*-1. The Morgan fingerprint density at radius 3 is 1.05 bits per heavy atom. The first-order valence-corrected chi connectivity index (χ1v) is 5.33. The predicted molar refractivity (Wildman–Crippen MR) is 78.8 cm³/mol. The first-order valence-electron chi connectivity index (χ1n) is 5.33. The molecule has 20 heavy (non-hydrogen) atoms. The van der Waals surface area contributed by atoms with Gasteiger partial charge in [-0.1, -0.05) is 24.3 Å². The van der Waals surface area contributed by atoms with Gasteiger partial charge in [0.25, 0.3) is 0 Å². The van der Waals surface area contributed by atoms with Gasteiger partial charge in [-0.3, -0.25) is 9.59 Å². The van der Waals surface area contributed by atoms with Crippen LogP contribution in [0.5, 0.6) is 0 Å². The summed E-state index contributed by atoms with van der Waals surface area (Å²) in [6.45, 7) is 0. The maximum Gasteiger partial charge on any atom is 0.0314 e. The normalized spacial score (nSPS) is 7.80. The van der Waals surface area contributed by atoms with E-state index in [1.807, 2.05) is 48.5 Å². The zero-order chi connectivity index (χ0) is 15.4. The number of nitrogens with zero attached hydrogens (tertiary/aromatic N) is 2. The maximum absolute atomic E-state index is 8.24. The van der Waals surface area contributed by atoms with Crippen molar-refractivity contribution in [3.63, 3.8) is 0 Å². The Labute approximate surface area is 116 Å². The number of nitrogen functional groups attached to an aromatic ring is 2. The van der Waals surface area contributed by atoms with Crippen molar-refractivity contribution in [3.05, 3.63) is 59.3 Å². The summed E-state index contributed by atoms with van der Waals surface area (Å²) in [6, 6.07) is 15.6. The first-order chi connectivity index (χ1) is 9.58. The van der Waals surface area contributed by atoms with E-state index in [0.717, 1.165) is 22.5 Å². The summed E-state index contributed by atoms with van der Waals surface area (Å²) in [5.41, 5.74) is 15.1. The third-order valence-electron chi connectivity index (χ3n) is 2.15. The lowest BCUT2D eigenvalue weighted by Crippen LogP contribution is -1.85. The molecule has 0 aliphatic carbocycles. The molecule has 102 valence electrons. The minimum Gasteiger partial charge on any atom is -0.724 e. The Bertz CT molecular complexity index is 524. The molecular weight excluding hydrogens is 256 g/mol. The van der Waals surface area contributed by atoms with Crippen LogP contribution in [0.25, 0.3) is 21.9 Å². The van der Waals surface area contributed by atoms with Crippen LogP contribution in [0, 0.1) is 0 Å². The van der Waals surface area contributed by atoms with E-state index in [4.69, 9.17) is 31.9 Å². The van der Waals surface area contributed by atoms with Crippen LogP contribution in [0.3, 0.4) is 0 Å². The van der Waals surface area contributed by atoms with E-state index < -0.39 is 0 Å². The van der Waals surface area contributed by atoms with Gasteiger partial charge in [-0.25, -0.2) is 0 Å². The summed E-state index contributed by atoms with van der Waals surface area (Å²) >= 11 is 0. The van der Waals surface area contributed by atoms with E-state index in [1.165, 1.54) is 0 Å². The molecule has 6 nitrogen and oxygen atoms in total. The molecule has 0 amide bonds. The smallest absolute Gasteiger partial charge is 0.0314 e. The van der Waals surface area contributed by atoms with Crippen molar-refractivity contribution >= 4 is 23.5 Å².